The quantitative estimate of drug-likeness (QED) is 0.601. The number of rotatable bonds is 1. The van der Waals surface area contributed by atoms with Crippen LogP contribution in [0.25, 0.3) is 0 Å². The Morgan fingerprint density at radius 2 is 1.67 bits per heavy atom. The van der Waals surface area contributed by atoms with Crippen LogP contribution in [0.2, 0.25) is 0 Å². The predicted octanol–water partition coefficient (Wildman–Crippen LogP) is 2.21. The first kappa shape index (κ1) is 9.44. The minimum atomic E-state index is 0.280. The van der Waals surface area contributed by atoms with Crippen LogP contribution in [0.15, 0.2) is 12.2 Å². The van der Waals surface area contributed by atoms with Crippen molar-refractivity contribution in [2.45, 2.75) is 32.1 Å². The Kier molecular flexibility index (Phi) is 2.30. The van der Waals surface area contributed by atoms with Gasteiger partial charge < -0.3 is 4.90 Å². The summed E-state index contributed by atoms with van der Waals surface area (Å²) in [4.78, 5) is 14.4. The van der Waals surface area contributed by atoms with Gasteiger partial charge in [0, 0.05) is 19.0 Å². The van der Waals surface area contributed by atoms with Gasteiger partial charge in [0.15, 0.2) is 0 Å². The van der Waals surface area contributed by atoms with E-state index in [1.165, 1.54) is 19.3 Å². The van der Waals surface area contributed by atoms with Crippen molar-refractivity contribution in [1.29, 1.82) is 0 Å². The molecule has 15 heavy (non-hydrogen) atoms. The molecule has 0 radical (unpaired) electrons. The maximum atomic E-state index is 12.2. The number of hydrogen-bond donors (Lipinski definition) is 0. The lowest BCUT2D eigenvalue weighted by Gasteiger charge is -2.33. The molecule has 0 aromatic rings. The van der Waals surface area contributed by atoms with Gasteiger partial charge in [0.25, 0.3) is 0 Å². The SMILES string of the molecule is O=C(C1CC=CC1)N1C[C@@H]2CC[C@@H](C2)C1. The second-order valence-electron chi connectivity index (χ2n) is 5.43. The zero-order chi connectivity index (χ0) is 10.3. The van der Waals surface area contributed by atoms with E-state index in [9.17, 15) is 4.79 Å². The van der Waals surface area contributed by atoms with Gasteiger partial charge >= 0.3 is 0 Å². The normalized spacial score (nSPS) is 35.1. The molecule has 2 nitrogen and oxygen atoms in total. The molecule has 2 bridgehead atoms. The van der Waals surface area contributed by atoms with Gasteiger partial charge in [0.1, 0.15) is 0 Å². The summed E-state index contributed by atoms with van der Waals surface area (Å²) in [6.07, 6.45) is 10.4. The summed E-state index contributed by atoms with van der Waals surface area (Å²) >= 11 is 0. The molecule has 0 N–H and O–H groups in total. The van der Waals surface area contributed by atoms with Gasteiger partial charge in [-0.2, -0.15) is 0 Å². The van der Waals surface area contributed by atoms with E-state index in [-0.39, 0.29) is 5.92 Å². The fourth-order valence-electron chi connectivity index (χ4n) is 3.47. The Bertz CT molecular complexity index is 277. The fraction of sp³-hybridized carbons (Fsp3) is 0.769. The molecule has 1 aliphatic heterocycles. The standard InChI is InChI=1S/C13H19NO/c15-13(12-3-1-2-4-12)14-8-10-5-6-11(7-10)9-14/h1-2,10-12H,3-9H2/t10-,11+. The molecule has 1 saturated heterocycles. The van der Waals surface area contributed by atoms with Crippen molar-refractivity contribution in [2.75, 3.05) is 13.1 Å². The lowest BCUT2D eigenvalue weighted by Crippen LogP contribution is -2.43. The van der Waals surface area contributed by atoms with E-state index in [1.807, 2.05) is 0 Å². The summed E-state index contributed by atoms with van der Waals surface area (Å²) in [6.45, 7) is 2.09. The molecular formula is C13H19NO. The number of carbonyl (C=O) groups excluding carboxylic acids is 1. The van der Waals surface area contributed by atoms with Crippen LogP contribution in [-0.2, 0) is 4.79 Å². The molecular weight excluding hydrogens is 186 g/mol. The van der Waals surface area contributed by atoms with E-state index in [2.05, 4.69) is 17.1 Å². The number of piperidine rings is 1. The Morgan fingerprint density at radius 1 is 1.07 bits per heavy atom. The summed E-state index contributed by atoms with van der Waals surface area (Å²) < 4.78 is 0. The number of fused-ring (bicyclic) bond motifs is 2. The van der Waals surface area contributed by atoms with Gasteiger partial charge in [0.05, 0.1) is 0 Å². The number of allylic oxidation sites excluding steroid dienone is 2. The highest BCUT2D eigenvalue weighted by molar-refractivity contribution is 5.79. The molecule has 2 atom stereocenters. The number of nitrogens with zero attached hydrogens (tertiary/aromatic N) is 1. The van der Waals surface area contributed by atoms with Crippen molar-refractivity contribution < 1.29 is 4.79 Å². The van der Waals surface area contributed by atoms with Crippen molar-refractivity contribution in [3.8, 4) is 0 Å². The van der Waals surface area contributed by atoms with E-state index < -0.39 is 0 Å². The molecule has 2 aliphatic carbocycles. The Morgan fingerprint density at radius 3 is 2.27 bits per heavy atom. The number of carbonyl (C=O) groups is 1. The average Bonchev–Trinajstić information content (AvgIpc) is 2.87. The molecule has 0 spiro atoms. The minimum absolute atomic E-state index is 0.280. The molecule has 2 fully saturated rings. The first-order valence-electron chi connectivity index (χ1n) is 6.26. The van der Waals surface area contributed by atoms with Crippen LogP contribution in [0.5, 0.6) is 0 Å². The zero-order valence-corrected chi connectivity index (χ0v) is 9.19. The lowest BCUT2D eigenvalue weighted by atomic mass is 9.96. The second-order valence-corrected chi connectivity index (χ2v) is 5.43. The zero-order valence-electron chi connectivity index (χ0n) is 9.19. The summed E-state index contributed by atoms with van der Waals surface area (Å²) in [5, 5.41) is 0. The summed E-state index contributed by atoms with van der Waals surface area (Å²) in [7, 11) is 0. The van der Waals surface area contributed by atoms with Crippen LogP contribution in [0.4, 0.5) is 0 Å². The maximum absolute atomic E-state index is 12.2. The summed E-state index contributed by atoms with van der Waals surface area (Å²) in [5.74, 6) is 2.35. The molecule has 82 valence electrons. The van der Waals surface area contributed by atoms with E-state index >= 15 is 0 Å². The van der Waals surface area contributed by atoms with Crippen molar-refractivity contribution >= 4 is 5.91 Å². The van der Waals surface area contributed by atoms with Gasteiger partial charge in [-0.3, -0.25) is 4.79 Å². The molecule has 2 heteroatoms. The molecule has 3 aliphatic rings. The highest BCUT2D eigenvalue weighted by atomic mass is 16.2. The monoisotopic (exact) mass is 205 g/mol. The summed E-state index contributed by atoms with van der Waals surface area (Å²) in [5.41, 5.74) is 0. The maximum Gasteiger partial charge on any atom is 0.226 e. The smallest absolute Gasteiger partial charge is 0.226 e. The van der Waals surface area contributed by atoms with E-state index in [0.29, 0.717) is 5.91 Å². The number of amides is 1. The first-order chi connectivity index (χ1) is 7.33. The lowest BCUT2D eigenvalue weighted by molar-refractivity contribution is -0.137. The highest BCUT2D eigenvalue weighted by Crippen LogP contribution is 2.37. The van der Waals surface area contributed by atoms with Crippen molar-refractivity contribution in [1.82, 2.24) is 4.90 Å². The van der Waals surface area contributed by atoms with Gasteiger partial charge in [0.2, 0.25) is 5.91 Å². The van der Waals surface area contributed by atoms with Gasteiger partial charge in [-0.05, 0) is 43.9 Å². The first-order valence-corrected chi connectivity index (χ1v) is 6.26. The highest BCUT2D eigenvalue weighted by Gasteiger charge is 2.36. The van der Waals surface area contributed by atoms with Crippen LogP contribution < -0.4 is 0 Å². The number of hydrogen-bond acceptors (Lipinski definition) is 1. The van der Waals surface area contributed by atoms with Crippen LogP contribution in [0, 0.1) is 17.8 Å². The van der Waals surface area contributed by atoms with Crippen LogP contribution in [0.1, 0.15) is 32.1 Å². The molecule has 3 rings (SSSR count). The van der Waals surface area contributed by atoms with E-state index in [0.717, 1.165) is 37.8 Å². The van der Waals surface area contributed by atoms with Crippen LogP contribution >= 0.6 is 0 Å². The van der Waals surface area contributed by atoms with Crippen LogP contribution in [0.3, 0.4) is 0 Å². The Labute approximate surface area is 91.3 Å². The van der Waals surface area contributed by atoms with Gasteiger partial charge in [-0.15, -0.1) is 0 Å². The summed E-state index contributed by atoms with van der Waals surface area (Å²) in [6, 6.07) is 0. The van der Waals surface area contributed by atoms with Crippen molar-refractivity contribution in [3.05, 3.63) is 12.2 Å². The predicted molar refractivity (Wildman–Crippen MR) is 59.3 cm³/mol. The Balaban J connectivity index is 1.64. The number of likely N-dealkylation sites (tertiary alicyclic amines) is 1. The minimum Gasteiger partial charge on any atom is -0.342 e. The van der Waals surface area contributed by atoms with Crippen LogP contribution in [-0.4, -0.2) is 23.9 Å². The second kappa shape index (κ2) is 3.66. The Hall–Kier alpha value is -0.790. The topological polar surface area (TPSA) is 20.3 Å². The third kappa shape index (κ3) is 1.70. The molecule has 1 heterocycles. The largest absolute Gasteiger partial charge is 0.342 e. The molecule has 1 amide bonds. The van der Waals surface area contributed by atoms with Crippen molar-refractivity contribution in [2.24, 2.45) is 17.8 Å². The van der Waals surface area contributed by atoms with E-state index in [4.69, 9.17) is 0 Å². The molecule has 1 saturated carbocycles. The third-order valence-corrected chi connectivity index (χ3v) is 4.28. The van der Waals surface area contributed by atoms with Gasteiger partial charge in [-0.1, -0.05) is 12.2 Å². The average molecular weight is 205 g/mol. The van der Waals surface area contributed by atoms with E-state index in [1.54, 1.807) is 0 Å². The molecule has 0 unspecified atom stereocenters. The molecule has 0 aromatic heterocycles. The fourth-order valence-corrected chi connectivity index (χ4v) is 3.47. The third-order valence-electron chi connectivity index (χ3n) is 4.28. The van der Waals surface area contributed by atoms with Crippen molar-refractivity contribution in [3.63, 3.8) is 0 Å². The molecule has 0 aromatic carbocycles. The van der Waals surface area contributed by atoms with Gasteiger partial charge in [-0.25, -0.2) is 0 Å².